The van der Waals surface area contributed by atoms with E-state index in [2.05, 4.69) is 0 Å². The van der Waals surface area contributed by atoms with Gasteiger partial charge in [0.1, 0.15) is 0 Å². The Morgan fingerprint density at radius 1 is 1.12 bits per heavy atom. The maximum Gasteiger partial charge on any atom is 0.310 e. The second-order valence-corrected chi connectivity index (χ2v) is 5.31. The van der Waals surface area contributed by atoms with Gasteiger partial charge in [-0.3, -0.25) is 4.79 Å². The zero-order valence-corrected chi connectivity index (χ0v) is 9.99. The molecule has 2 aliphatic carbocycles. The predicted octanol–water partition coefficient (Wildman–Crippen LogP) is 2.24. The highest BCUT2D eigenvalue weighted by molar-refractivity contribution is 5.73. The van der Waals surface area contributed by atoms with Crippen molar-refractivity contribution >= 4 is 5.97 Å². The normalized spacial score (nSPS) is 30.8. The summed E-state index contributed by atoms with van der Waals surface area (Å²) < 4.78 is 5.34. The molecule has 0 spiro atoms. The van der Waals surface area contributed by atoms with Crippen molar-refractivity contribution in [2.24, 2.45) is 17.6 Å². The molecule has 2 N–H and O–H groups in total. The molecule has 0 heterocycles. The molecule has 0 aromatic rings. The monoisotopic (exact) mass is 225 g/mol. The SMILES string of the molecule is NC1CCCCCC1C(=O)OCCC1CC1. The highest BCUT2D eigenvalue weighted by Crippen LogP contribution is 2.32. The first-order valence-corrected chi connectivity index (χ1v) is 6.69. The number of ether oxygens (including phenoxy) is 1. The molecule has 2 fully saturated rings. The van der Waals surface area contributed by atoms with Crippen molar-refractivity contribution in [2.75, 3.05) is 6.61 Å². The minimum atomic E-state index is -0.0462. The first-order chi connectivity index (χ1) is 7.77. The van der Waals surface area contributed by atoms with E-state index in [1.54, 1.807) is 0 Å². The molecule has 0 saturated heterocycles. The number of nitrogens with two attached hydrogens (primary N) is 1. The molecule has 0 radical (unpaired) electrons. The third-order valence-electron chi connectivity index (χ3n) is 3.84. The smallest absolute Gasteiger partial charge is 0.310 e. The molecule has 0 aromatic heterocycles. The van der Waals surface area contributed by atoms with Gasteiger partial charge in [0.2, 0.25) is 0 Å². The van der Waals surface area contributed by atoms with Crippen LogP contribution < -0.4 is 5.73 Å². The number of hydrogen-bond donors (Lipinski definition) is 1. The van der Waals surface area contributed by atoms with Gasteiger partial charge in [-0.2, -0.15) is 0 Å². The Bertz CT molecular complexity index is 238. The van der Waals surface area contributed by atoms with E-state index < -0.39 is 0 Å². The molecule has 2 rings (SSSR count). The van der Waals surface area contributed by atoms with E-state index >= 15 is 0 Å². The molecule has 0 aliphatic heterocycles. The quantitative estimate of drug-likeness (QED) is 0.589. The molecule has 0 amide bonds. The van der Waals surface area contributed by atoms with Crippen LogP contribution >= 0.6 is 0 Å². The van der Waals surface area contributed by atoms with Crippen LogP contribution in [0.15, 0.2) is 0 Å². The lowest BCUT2D eigenvalue weighted by Gasteiger charge is -2.19. The Morgan fingerprint density at radius 2 is 1.88 bits per heavy atom. The van der Waals surface area contributed by atoms with Gasteiger partial charge in [-0.25, -0.2) is 0 Å². The van der Waals surface area contributed by atoms with Crippen molar-refractivity contribution < 1.29 is 9.53 Å². The Kier molecular flexibility index (Phi) is 4.22. The zero-order valence-electron chi connectivity index (χ0n) is 9.99. The average Bonchev–Trinajstić information content (AvgIpc) is 3.06. The molecular weight excluding hydrogens is 202 g/mol. The van der Waals surface area contributed by atoms with E-state index in [4.69, 9.17) is 10.5 Å². The van der Waals surface area contributed by atoms with Gasteiger partial charge in [-0.15, -0.1) is 0 Å². The zero-order chi connectivity index (χ0) is 11.4. The third kappa shape index (κ3) is 3.48. The fourth-order valence-electron chi connectivity index (χ4n) is 2.47. The summed E-state index contributed by atoms with van der Waals surface area (Å²) in [5, 5.41) is 0. The fraction of sp³-hybridized carbons (Fsp3) is 0.923. The molecule has 92 valence electrons. The van der Waals surface area contributed by atoms with Crippen molar-refractivity contribution in [3.8, 4) is 0 Å². The Balaban J connectivity index is 1.72. The van der Waals surface area contributed by atoms with Crippen LogP contribution in [0.5, 0.6) is 0 Å². The predicted molar refractivity (Wildman–Crippen MR) is 62.9 cm³/mol. The lowest BCUT2D eigenvalue weighted by Crippen LogP contribution is -2.35. The molecule has 2 saturated carbocycles. The lowest BCUT2D eigenvalue weighted by molar-refractivity contribution is -0.149. The van der Waals surface area contributed by atoms with Crippen molar-refractivity contribution in [2.45, 2.75) is 57.4 Å². The average molecular weight is 225 g/mol. The first kappa shape index (κ1) is 11.9. The lowest BCUT2D eigenvalue weighted by atomic mass is 9.96. The summed E-state index contributed by atoms with van der Waals surface area (Å²) in [5.74, 6) is 0.743. The van der Waals surface area contributed by atoms with Crippen LogP contribution in [0.25, 0.3) is 0 Å². The van der Waals surface area contributed by atoms with Gasteiger partial charge in [0.25, 0.3) is 0 Å². The van der Waals surface area contributed by atoms with Crippen molar-refractivity contribution in [3.63, 3.8) is 0 Å². The van der Waals surface area contributed by atoms with Gasteiger partial charge in [0.05, 0.1) is 12.5 Å². The van der Waals surface area contributed by atoms with Crippen LogP contribution in [0.3, 0.4) is 0 Å². The molecular formula is C13H23NO2. The van der Waals surface area contributed by atoms with Gasteiger partial charge in [0, 0.05) is 6.04 Å². The summed E-state index contributed by atoms with van der Waals surface area (Å²) in [4.78, 5) is 11.9. The van der Waals surface area contributed by atoms with Gasteiger partial charge in [0.15, 0.2) is 0 Å². The van der Waals surface area contributed by atoms with Crippen LogP contribution in [0.4, 0.5) is 0 Å². The fourth-order valence-corrected chi connectivity index (χ4v) is 2.47. The summed E-state index contributed by atoms with van der Waals surface area (Å²) in [5.41, 5.74) is 6.02. The number of hydrogen-bond acceptors (Lipinski definition) is 3. The van der Waals surface area contributed by atoms with Crippen molar-refractivity contribution in [3.05, 3.63) is 0 Å². The van der Waals surface area contributed by atoms with Crippen LogP contribution in [0.1, 0.15) is 51.4 Å². The maximum absolute atomic E-state index is 11.9. The summed E-state index contributed by atoms with van der Waals surface area (Å²) >= 11 is 0. The van der Waals surface area contributed by atoms with Crippen molar-refractivity contribution in [1.29, 1.82) is 0 Å². The van der Waals surface area contributed by atoms with E-state index in [1.165, 1.54) is 19.3 Å². The maximum atomic E-state index is 11.9. The minimum Gasteiger partial charge on any atom is -0.465 e. The second-order valence-electron chi connectivity index (χ2n) is 5.31. The van der Waals surface area contributed by atoms with Crippen LogP contribution in [-0.2, 0) is 9.53 Å². The molecule has 2 unspecified atom stereocenters. The largest absolute Gasteiger partial charge is 0.465 e. The highest BCUT2D eigenvalue weighted by atomic mass is 16.5. The van der Waals surface area contributed by atoms with Gasteiger partial charge in [-0.1, -0.05) is 32.1 Å². The second kappa shape index (κ2) is 5.67. The van der Waals surface area contributed by atoms with E-state index in [1.807, 2.05) is 0 Å². The van der Waals surface area contributed by atoms with E-state index in [-0.39, 0.29) is 17.9 Å². The number of rotatable bonds is 4. The van der Waals surface area contributed by atoms with Gasteiger partial charge in [-0.05, 0) is 25.2 Å². The topological polar surface area (TPSA) is 52.3 Å². The summed E-state index contributed by atoms with van der Waals surface area (Å²) in [6, 6.07) is 0.0240. The Hall–Kier alpha value is -0.570. The summed E-state index contributed by atoms with van der Waals surface area (Å²) in [6.45, 7) is 0.604. The molecule has 2 atom stereocenters. The number of carbonyl (C=O) groups is 1. The van der Waals surface area contributed by atoms with E-state index in [0.29, 0.717) is 6.61 Å². The molecule has 3 heteroatoms. The van der Waals surface area contributed by atoms with Crippen LogP contribution in [-0.4, -0.2) is 18.6 Å². The van der Waals surface area contributed by atoms with E-state index in [0.717, 1.165) is 38.0 Å². The number of esters is 1. The molecule has 3 nitrogen and oxygen atoms in total. The summed E-state index contributed by atoms with van der Waals surface area (Å²) in [7, 11) is 0. The van der Waals surface area contributed by atoms with Crippen LogP contribution in [0.2, 0.25) is 0 Å². The Morgan fingerprint density at radius 3 is 2.62 bits per heavy atom. The highest BCUT2D eigenvalue weighted by Gasteiger charge is 2.29. The first-order valence-electron chi connectivity index (χ1n) is 6.69. The molecule has 0 bridgehead atoms. The van der Waals surface area contributed by atoms with E-state index in [9.17, 15) is 4.79 Å². The number of carbonyl (C=O) groups excluding carboxylic acids is 1. The van der Waals surface area contributed by atoms with Crippen LogP contribution in [0, 0.1) is 11.8 Å². The minimum absolute atomic E-state index is 0.0240. The standard InChI is InChI=1S/C13H23NO2/c14-12-5-3-1-2-4-11(12)13(15)16-9-8-10-6-7-10/h10-12H,1-9,14H2. The Labute approximate surface area is 97.7 Å². The third-order valence-corrected chi connectivity index (χ3v) is 3.84. The molecule has 16 heavy (non-hydrogen) atoms. The van der Waals surface area contributed by atoms with Gasteiger partial charge >= 0.3 is 5.97 Å². The summed E-state index contributed by atoms with van der Waals surface area (Å²) in [6.07, 6.45) is 9.07. The van der Waals surface area contributed by atoms with Crippen molar-refractivity contribution in [1.82, 2.24) is 0 Å². The van der Waals surface area contributed by atoms with Gasteiger partial charge < -0.3 is 10.5 Å². The molecule has 0 aromatic carbocycles. The molecule has 2 aliphatic rings.